The minimum absolute atomic E-state index is 0.0392. The molecule has 1 aromatic carbocycles. The summed E-state index contributed by atoms with van der Waals surface area (Å²) in [6, 6.07) is 7.95. The fourth-order valence-electron chi connectivity index (χ4n) is 2.60. The maximum Gasteiger partial charge on any atom is 0.238 e. The molecule has 0 fully saturated rings. The molecule has 6 heteroatoms. The monoisotopic (exact) mass is 330 g/mol. The first-order valence-electron chi connectivity index (χ1n) is 8.11. The van der Waals surface area contributed by atoms with Gasteiger partial charge >= 0.3 is 0 Å². The third-order valence-electron chi connectivity index (χ3n) is 3.87. The second-order valence-electron chi connectivity index (χ2n) is 5.97. The molecule has 0 spiro atoms. The van der Waals surface area contributed by atoms with Crippen LogP contribution in [0.2, 0.25) is 0 Å². The molecule has 1 amide bonds. The van der Waals surface area contributed by atoms with Gasteiger partial charge in [0.15, 0.2) is 0 Å². The summed E-state index contributed by atoms with van der Waals surface area (Å²) in [6.45, 7) is 7.48. The van der Waals surface area contributed by atoms with Crippen molar-refractivity contribution in [3.63, 3.8) is 0 Å². The van der Waals surface area contributed by atoms with Crippen molar-refractivity contribution in [3.8, 4) is 5.75 Å². The van der Waals surface area contributed by atoms with Gasteiger partial charge in [0.2, 0.25) is 5.91 Å². The Balaban J connectivity index is 1.89. The van der Waals surface area contributed by atoms with E-state index in [-0.39, 0.29) is 5.91 Å². The molecule has 24 heavy (non-hydrogen) atoms. The Morgan fingerprint density at radius 2 is 1.96 bits per heavy atom. The zero-order valence-corrected chi connectivity index (χ0v) is 15.1. The molecule has 130 valence electrons. The number of nitrogens with zero attached hydrogens (tertiary/aromatic N) is 3. The number of carbonyl (C=O) groups is 1. The fraction of sp³-hybridized carbons (Fsp3) is 0.444. The maximum absolute atomic E-state index is 12.3. The van der Waals surface area contributed by atoms with E-state index in [4.69, 9.17) is 4.74 Å². The van der Waals surface area contributed by atoms with Gasteiger partial charge in [0.05, 0.1) is 30.2 Å². The lowest BCUT2D eigenvalue weighted by molar-refractivity contribution is -0.117. The molecule has 0 atom stereocenters. The Labute approximate surface area is 143 Å². The van der Waals surface area contributed by atoms with Gasteiger partial charge in [-0.1, -0.05) is 12.1 Å². The van der Waals surface area contributed by atoms with E-state index in [0.717, 1.165) is 28.4 Å². The fourth-order valence-corrected chi connectivity index (χ4v) is 2.60. The highest BCUT2D eigenvalue weighted by Gasteiger charge is 2.14. The van der Waals surface area contributed by atoms with Gasteiger partial charge in [0, 0.05) is 13.6 Å². The first-order chi connectivity index (χ1) is 11.4. The van der Waals surface area contributed by atoms with Crippen molar-refractivity contribution in [2.24, 2.45) is 7.05 Å². The third-order valence-corrected chi connectivity index (χ3v) is 3.87. The van der Waals surface area contributed by atoms with Crippen LogP contribution in [0.5, 0.6) is 5.75 Å². The molecule has 0 aliphatic rings. The van der Waals surface area contributed by atoms with Crippen molar-refractivity contribution >= 4 is 11.6 Å². The van der Waals surface area contributed by atoms with E-state index < -0.39 is 0 Å². The van der Waals surface area contributed by atoms with Gasteiger partial charge in [-0.05, 0) is 45.5 Å². The Morgan fingerprint density at radius 1 is 1.29 bits per heavy atom. The third kappa shape index (κ3) is 4.58. The molecule has 6 nitrogen and oxygen atoms in total. The van der Waals surface area contributed by atoms with Crippen LogP contribution in [-0.2, 0) is 18.4 Å². The van der Waals surface area contributed by atoms with Crippen LogP contribution in [0.4, 0.5) is 5.69 Å². The largest absolute Gasteiger partial charge is 0.494 e. The lowest BCUT2D eigenvalue weighted by atomic mass is 10.2. The van der Waals surface area contributed by atoms with Crippen molar-refractivity contribution in [1.82, 2.24) is 14.7 Å². The summed E-state index contributed by atoms with van der Waals surface area (Å²) in [6.07, 6.45) is 0. The number of hydrogen-bond acceptors (Lipinski definition) is 4. The predicted octanol–water partition coefficient (Wildman–Crippen LogP) is 2.51. The highest BCUT2D eigenvalue weighted by atomic mass is 16.5. The van der Waals surface area contributed by atoms with Gasteiger partial charge < -0.3 is 10.1 Å². The van der Waals surface area contributed by atoms with E-state index in [2.05, 4.69) is 10.4 Å². The van der Waals surface area contributed by atoms with Crippen molar-refractivity contribution in [3.05, 3.63) is 41.2 Å². The number of nitrogens with one attached hydrogen (secondary N) is 1. The lowest BCUT2D eigenvalue weighted by Gasteiger charge is -2.17. The molecule has 0 unspecified atom stereocenters. The van der Waals surface area contributed by atoms with Crippen LogP contribution < -0.4 is 10.1 Å². The van der Waals surface area contributed by atoms with Gasteiger partial charge in [-0.2, -0.15) is 5.10 Å². The summed E-state index contributed by atoms with van der Waals surface area (Å²) < 4.78 is 7.21. The summed E-state index contributed by atoms with van der Waals surface area (Å²) >= 11 is 0. The molecule has 1 aromatic heterocycles. The number of aromatic nitrogens is 2. The molecular formula is C18H26N4O2. The molecule has 2 rings (SSSR count). The Morgan fingerprint density at radius 3 is 2.50 bits per heavy atom. The van der Waals surface area contributed by atoms with Gasteiger partial charge in [-0.25, -0.2) is 0 Å². The summed E-state index contributed by atoms with van der Waals surface area (Å²) in [4.78, 5) is 14.2. The van der Waals surface area contributed by atoms with Gasteiger partial charge in [-0.15, -0.1) is 0 Å². The van der Waals surface area contributed by atoms with E-state index in [1.807, 2.05) is 64.0 Å². The summed E-state index contributed by atoms with van der Waals surface area (Å²) in [5.74, 6) is 0.826. The molecule has 0 radical (unpaired) electrons. The van der Waals surface area contributed by atoms with E-state index in [9.17, 15) is 4.79 Å². The quantitative estimate of drug-likeness (QED) is 0.847. The molecule has 0 saturated carbocycles. The summed E-state index contributed by atoms with van der Waals surface area (Å²) in [5, 5.41) is 7.27. The van der Waals surface area contributed by atoms with Crippen molar-refractivity contribution in [2.45, 2.75) is 27.3 Å². The lowest BCUT2D eigenvalue weighted by Crippen LogP contribution is -2.30. The average Bonchev–Trinajstić information content (AvgIpc) is 2.76. The number of aryl methyl sites for hydroxylation is 2. The topological polar surface area (TPSA) is 59.4 Å². The first kappa shape index (κ1) is 18.0. The number of likely N-dealkylation sites (N-methyl/N-ethyl adjacent to an activating group) is 1. The summed E-state index contributed by atoms with van der Waals surface area (Å²) in [5.41, 5.74) is 3.73. The highest BCUT2D eigenvalue weighted by Crippen LogP contribution is 2.18. The molecule has 0 aliphatic heterocycles. The van der Waals surface area contributed by atoms with Crippen LogP contribution in [0.25, 0.3) is 0 Å². The van der Waals surface area contributed by atoms with Crippen LogP contribution in [0, 0.1) is 13.8 Å². The Bertz CT molecular complexity index is 692. The number of carbonyl (C=O) groups excluding carboxylic acids is 1. The van der Waals surface area contributed by atoms with Crippen molar-refractivity contribution in [1.29, 1.82) is 0 Å². The molecule has 0 aliphatic carbocycles. The predicted molar refractivity (Wildman–Crippen MR) is 95.3 cm³/mol. The Hall–Kier alpha value is -2.34. The normalized spacial score (nSPS) is 10.9. The molecule has 1 N–H and O–H groups in total. The maximum atomic E-state index is 12.3. The van der Waals surface area contributed by atoms with Crippen molar-refractivity contribution < 1.29 is 9.53 Å². The number of ether oxygens (including phenoxy) is 1. The number of anilines is 1. The average molecular weight is 330 g/mol. The standard InChI is InChI=1S/C18H26N4O2/c1-6-24-16-9-7-15(8-10-16)11-21(4)12-17(23)19-18-13(2)20-22(5)14(18)3/h7-10H,6,11-12H2,1-5H3,(H,19,23). The van der Waals surface area contributed by atoms with Crippen LogP contribution in [-0.4, -0.2) is 40.8 Å². The second kappa shape index (κ2) is 7.97. The van der Waals surface area contributed by atoms with Gasteiger partial charge in [0.1, 0.15) is 5.75 Å². The van der Waals surface area contributed by atoms with Gasteiger partial charge in [0.25, 0.3) is 0 Å². The molecular weight excluding hydrogens is 304 g/mol. The molecule has 1 heterocycles. The molecule has 0 saturated heterocycles. The van der Waals surface area contributed by atoms with E-state index in [1.165, 1.54) is 0 Å². The number of benzene rings is 1. The SMILES string of the molecule is CCOc1ccc(CN(C)CC(=O)Nc2c(C)nn(C)c2C)cc1. The van der Waals surface area contributed by atoms with Crippen LogP contribution in [0.15, 0.2) is 24.3 Å². The van der Waals surface area contributed by atoms with Crippen LogP contribution >= 0.6 is 0 Å². The highest BCUT2D eigenvalue weighted by molar-refractivity contribution is 5.93. The smallest absolute Gasteiger partial charge is 0.238 e. The van der Waals surface area contributed by atoms with Crippen LogP contribution in [0.3, 0.4) is 0 Å². The number of rotatable bonds is 7. The molecule has 0 bridgehead atoms. The zero-order chi connectivity index (χ0) is 17.7. The molecule has 2 aromatic rings. The minimum atomic E-state index is -0.0392. The van der Waals surface area contributed by atoms with E-state index >= 15 is 0 Å². The van der Waals surface area contributed by atoms with Crippen LogP contribution in [0.1, 0.15) is 23.9 Å². The Kier molecular flexibility index (Phi) is 5.98. The zero-order valence-electron chi connectivity index (χ0n) is 15.1. The van der Waals surface area contributed by atoms with E-state index in [1.54, 1.807) is 4.68 Å². The minimum Gasteiger partial charge on any atom is -0.494 e. The van der Waals surface area contributed by atoms with Crippen molar-refractivity contribution in [2.75, 3.05) is 25.5 Å². The second-order valence-corrected chi connectivity index (χ2v) is 5.97. The van der Waals surface area contributed by atoms with Gasteiger partial charge in [-0.3, -0.25) is 14.4 Å². The van der Waals surface area contributed by atoms with E-state index in [0.29, 0.717) is 19.7 Å². The summed E-state index contributed by atoms with van der Waals surface area (Å²) in [7, 11) is 3.80. The number of amides is 1. The number of hydrogen-bond donors (Lipinski definition) is 1. The first-order valence-corrected chi connectivity index (χ1v) is 8.11.